The molecule has 1 atom stereocenters. The van der Waals surface area contributed by atoms with Gasteiger partial charge in [0.15, 0.2) is 0 Å². The molecule has 5 heteroatoms. The van der Waals surface area contributed by atoms with Crippen LogP contribution in [0, 0.1) is 5.82 Å². The smallest absolute Gasteiger partial charge is 0.133 e. The van der Waals surface area contributed by atoms with Gasteiger partial charge in [0, 0.05) is 16.6 Å². The minimum atomic E-state index is -0.297. The number of hydrogen-bond donors (Lipinski definition) is 1. The number of likely N-dealkylation sites (N-methyl/N-ethyl adjacent to an activating group) is 1. The predicted molar refractivity (Wildman–Crippen MR) is 87.6 cm³/mol. The first kappa shape index (κ1) is 16.3. The van der Waals surface area contributed by atoms with Gasteiger partial charge in [0.1, 0.15) is 11.6 Å². The molecule has 21 heavy (non-hydrogen) atoms. The summed E-state index contributed by atoms with van der Waals surface area (Å²) in [5, 5.41) is 3.55. The monoisotopic (exact) mass is 371 g/mol. The lowest BCUT2D eigenvalue weighted by atomic mass is 9.98. The second-order valence-corrected chi connectivity index (χ2v) is 5.97. The van der Waals surface area contributed by atoms with Crippen LogP contribution in [0.15, 0.2) is 40.9 Å². The lowest BCUT2D eigenvalue weighted by molar-refractivity contribution is 0.412. The van der Waals surface area contributed by atoms with E-state index in [-0.39, 0.29) is 11.9 Å². The summed E-state index contributed by atoms with van der Waals surface area (Å²) >= 11 is 9.26. The molecular weight excluding hydrogens is 357 g/mol. The minimum Gasteiger partial charge on any atom is -0.496 e. The molecule has 0 amide bonds. The van der Waals surface area contributed by atoms with E-state index in [1.807, 2.05) is 25.2 Å². The molecule has 112 valence electrons. The fourth-order valence-corrected chi connectivity index (χ4v) is 2.97. The summed E-state index contributed by atoms with van der Waals surface area (Å²) in [5.74, 6) is 0.479. The van der Waals surface area contributed by atoms with E-state index < -0.39 is 0 Å². The Hall–Kier alpha value is -1.10. The van der Waals surface area contributed by atoms with Crippen molar-refractivity contribution in [3.05, 3.63) is 62.8 Å². The zero-order valence-corrected chi connectivity index (χ0v) is 14.1. The average molecular weight is 373 g/mol. The van der Waals surface area contributed by atoms with Crippen molar-refractivity contribution in [2.45, 2.75) is 12.5 Å². The van der Waals surface area contributed by atoms with Crippen LogP contribution < -0.4 is 10.1 Å². The van der Waals surface area contributed by atoms with E-state index in [2.05, 4.69) is 21.2 Å². The average Bonchev–Trinajstić information content (AvgIpc) is 2.45. The highest BCUT2D eigenvalue weighted by molar-refractivity contribution is 9.10. The number of nitrogens with one attached hydrogen (secondary N) is 1. The maximum atomic E-state index is 14.0. The standard InChI is InChI=1S/C16H16BrClFNO/c1-20-15(12-5-4-11(18)9-14(12)19)8-10-3-6-16(21-2)13(17)7-10/h3-7,9,15,20H,8H2,1-2H3. The van der Waals surface area contributed by atoms with Crippen molar-refractivity contribution in [3.8, 4) is 5.75 Å². The maximum Gasteiger partial charge on any atom is 0.133 e. The summed E-state index contributed by atoms with van der Waals surface area (Å²) in [5.41, 5.74) is 1.69. The first-order valence-electron chi connectivity index (χ1n) is 6.49. The van der Waals surface area contributed by atoms with E-state index in [1.54, 1.807) is 19.2 Å². The van der Waals surface area contributed by atoms with Crippen molar-refractivity contribution in [1.82, 2.24) is 5.32 Å². The molecule has 1 N–H and O–H groups in total. The fourth-order valence-electron chi connectivity index (χ4n) is 2.22. The quantitative estimate of drug-likeness (QED) is 0.817. The van der Waals surface area contributed by atoms with Gasteiger partial charge in [-0.3, -0.25) is 0 Å². The van der Waals surface area contributed by atoms with Crippen molar-refractivity contribution in [2.75, 3.05) is 14.2 Å². The van der Waals surface area contributed by atoms with Crippen LogP contribution in [-0.2, 0) is 6.42 Å². The van der Waals surface area contributed by atoms with Gasteiger partial charge in [-0.2, -0.15) is 0 Å². The second kappa shape index (κ2) is 7.25. The lowest BCUT2D eigenvalue weighted by Crippen LogP contribution is -2.20. The van der Waals surface area contributed by atoms with Crippen molar-refractivity contribution in [3.63, 3.8) is 0 Å². The number of methoxy groups -OCH3 is 1. The van der Waals surface area contributed by atoms with Crippen molar-refractivity contribution in [1.29, 1.82) is 0 Å². The molecule has 0 aromatic heterocycles. The molecule has 0 spiro atoms. The highest BCUT2D eigenvalue weighted by Gasteiger charge is 2.15. The van der Waals surface area contributed by atoms with Gasteiger partial charge in [0.05, 0.1) is 11.6 Å². The summed E-state index contributed by atoms with van der Waals surface area (Å²) in [7, 11) is 3.44. The molecule has 0 aliphatic heterocycles. The Labute approximate surface area is 137 Å². The van der Waals surface area contributed by atoms with Gasteiger partial charge in [-0.05, 0) is 59.2 Å². The summed E-state index contributed by atoms with van der Waals surface area (Å²) in [6.07, 6.45) is 0.664. The third-order valence-corrected chi connectivity index (χ3v) is 4.20. The predicted octanol–water partition coefficient (Wildman–Crippen LogP) is 4.75. The number of benzene rings is 2. The van der Waals surface area contributed by atoms with Crippen LogP contribution in [0.1, 0.15) is 17.2 Å². The van der Waals surface area contributed by atoms with Crippen LogP contribution in [-0.4, -0.2) is 14.2 Å². The Morgan fingerprint density at radius 3 is 2.62 bits per heavy atom. The number of hydrogen-bond acceptors (Lipinski definition) is 2. The van der Waals surface area contributed by atoms with Gasteiger partial charge in [-0.1, -0.05) is 23.7 Å². The summed E-state index contributed by atoms with van der Waals surface area (Å²) in [4.78, 5) is 0. The Bertz CT molecular complexity index is 636. The SMILES string of the molecule is CNC(Cc1ccc(OC)c(Br)c1)c1ccc(Cl)cc1F. The van der Waals surface area contributed by atoms with Crippen molar-refractivity contribution < 1.29 is 9.13 Å². The van der Waals surface area contributed by atoms with Crippen molar-refractivity contribution >= 4 is 27.5 Å². The fraction of sp³-hybridized carbons (Fsp3) is 0.250. The molecule has 2 nitrogen and oxygen atoms in total. The molecule has 0 fully saturated rings. The number of halogens is 3. The van der Waals surface area contributed by atoms with E-state index in [0.29, 0.717) is 17.0 Å². The van der Waals surface area contributed by atoms with Gasteiger partial charge >= 0.3 is 0 Å². The zero-order chi connectivity index (χ0) is 15.4. The highest BCUT2D eigenvalue weighted by Crippen LogP contribution is 2.29. The number of rotatable bonds is 5. The Kier molecular flexibility index (Phi) is 5.62. The largest absolute Gasteiger partial charge is 0.496 e. The molecule has 0 aliphatic carbocycles. The Morgan fingerprint density at radius 1 is 1.29 bits per heavy atom. The summed E-state index contributed by atoms with van der Waals surface area (Å²) in [6, 6.07) is 10.5. The van der Waals surface area contributed by atoms with E-state index >= 15 is 0 Å². The molecule has 0 aliphatic rings. The molecule has 0 saturated carbocycles. The molecule has 0 bridgehead atoms. The van der Waals surface area contributed by atoms with Crippen LogP contribution in [0.5, 0.6) is 5.75 Å². The van der Waals surface area contributed by atoms with Gasteiger partial charge < -0.3 is 10.1 Å². The minimum absolute atomic E-state index is 0.123. The van der Waals surface area contributed by atoms with Gasteiger partial charge in [-0.15, -0.1) is 0 Å². The van der Waals surface area contributed by atoms with E-state index in [1.165, 1.54) is 6.07 Å². The van der Waals surface area contributed by atoms with Crippen LogP contribution in [0.3, 0.4) is 0 Å². The van der Waals surface area contributed by atoms with E-state index in [0.717, 1.165) is 15.8 Å². The van der Waals surface area contributed by atoms with Crippen molar-refractivity contribution in [2.24, 2.45) is 0 Å². The first-order valence-corrected chi connectivity index (χ1v) is 7.67. The summed E-state index contributed by atoms with van der Waals surface area (Å²) in [6.45, 7) is 0. The maximum absolute atomic E-state index is 14.0. The highest BCUT2D eigenvalue weighted by atomic mass is 79.9. The molecule has 0 saturated heterocycles. The lowest BCUT2D eigenvalue weighted by Gasteiger charge is -2.18. The molecule has 2 rings (SSSR count). The van der Waals surface area contributed by atoms with Crippen LogP contribution in [0.4, 0.5) is 4.39 Å². The number of ether oxygens (including phenoxy) is 1. The van der Waals surface area contributed by atoms with Crippen LogP contribution >= 0.6 is 27.5 Å². The van der Waals surface area contributed by atoms with Gasteiger partial charge in [0.2, 0.25) is 0 Å². The van der Waals surface area contributed by atoms with Gasteiger partial charge in [0.25, 0.3) is 0 Å². The molecular formula is C16H16BrClFNO. The van der Waals surface area contributed by atoms with E-state index in [4.69, 9.17) is 16.3 Å². The Morgan fingerprint density at radius 2 is 2.05 bits per heavy atom. The normalized spacial score (nSPS) is 12.2. The van der Waals surface area contributed by atoms with Gasteiger partial charge in [-0.25, -0.2) is 4.39 Å². The zero-order valence-electron chi connectivity index (χ0n) is 11.8. The third kappa shape index (κ3) is 3.96. The Balaban J connectivity index is 2.24. The molecule has 2 aromatic rings. The third-order valence-electron chi connectivity index (χ3n) is 3.34. The molecule has 0 radical (unpaired) electrons. The first-order chi connectivity index (χ1) is 10.0. The molecule has 1 unspecified atom stereocenters. The molecule has 0 heterocycles. The van der Waals surface area contributed by atoms with E-state index in [9.17, 15) is 4.39 Å². The summed E-state index contributed by atoms with van der Waals surface area (Å²) < 4.78 is 20.1. The molecule has 2 aromatic carbocycles. The van der Waals surface area contributed by atoms with Crippen LogP contribution in [0.2, 0.25) is 5.02 Å². The second-order valence-electron chi connectivity index (χ2n) is 4.68. The topological polar surface area (TPSA) is 21.3 Å². The van der Waals surface area contributed by atoms with Crippen LogP contribution in [0.25, 0.3) is 0 Å².